The zero-order valence-corrected chi connectivity index (χ0v) is 7.23. The topological polar surface area (TPSA) is 29.5 Å². The Labute approximate surface area is 74.5 Å². The van der Waals surface area contributed by atoms with Crippen molar-refractivity contribution in [2.75, 3.05) is 7.11 Å². The number of rotatable bonds is 2. The average Bonchev–Trinajstić information content (AvgIpc) is 2.08. The second-order valence-corrected chi connectivity index (χ2v) is 2.61. The zero-order valence-electron chi connectivity index (χ0n) is 6.47. The normalized spacial score (nSPS) is 10.0. The van der Waals surface area contributed by atoms with Gasteiger partial charge in [0, 0.05) is 0 Å². The Morgan fingerprint density at radius 3 is 2.67 bits per heavy atom. The third kappa shape index (κ3) is 1.52. The van der Waals surface area contributed by atoms with Gasteiger partial charge in [-0.2, -0.15) is 0 Å². The van der Waals surface area contributed by atoms with Gasteiger partial charge in [-0.3, -0.25) is 0 Å². The van der Waals surface area contributed by atoms with Crippen molar-refractivity contribution in [3.63, 3.8) is 0 Å². The monoisotopic (exact) mass is 190 g/mol. The highest BCUT2D eigenvalue weighted by molar-refractivity contribution is 6.32. The molecule has 0 radical (unpaired) electrons. The van der Waals surface area contributed by atoms with E-state index in [1.807, 2.05) is 0 Å². The van der Waals surface area contributed by atoms with Gasteiger partial charge in [-0.1, -0.05) is 11.6 Å². The fraction of sp³-hybridized carbons (Fsp3) is 0.250. The molecule has 0 bridgehead atoms. The number of ether oxygens (including phenoxy) is 1. The lowest BCUT2D eigenvalue weighted by atomic mass is 10.2. The van der Waals surface area contributed by atoms with Crippen LogP contribution in [0.4, 0.5) is 4.39 Å². The summed E-state index contributed by atoms with van der Waals surface area (Å²) in [5.74, 6) is -0.321. The molecule has 0 saturated carbocycles. The molecule has 0 heterocycles. The van der Waals surface area contributed by atoms with Crippen LogP contribution in [0.15, 0.2) is 12.1 Å². The predicted octanol–water partition coefficient (Wildman–Crippen LogP) is 1.98. The smallest absolute Gasteiger partial charge is 0.145 e. The third-order valence-electron chi connectivity index (χ3n) is 1.52. The minimum Gasteiger partial charge on any atom is -0.495 e. The first kappa shape index (κ1) is 9.29. The summed E-state index contributed by atoms with van der Waals surface area (Å²) in [5, 5.41) is 9.07. The number of hydrogen-bond donors (Lipinski definition) is 1. The number of aliphatic hydroxyl groups is 1. The molecule has 12 heavy (non-hydrogen) atoms. The van der Waals surface area contributed by atoms with Gasteiger partial charge in [0.05, 0.1) is 24.3 Å². The lowest BCUT2D eigenvalue weighted by molar-refractivity contribution is 0.267. The van der Waals surface area contributed by atoms with E-state index in [-0.39, 0.29) is 11.3 Å². The molecule has 66 valence electrons. The van der Waals surface area contributed by atoms with Gasteiger partial charge in [0.1, 0.15) is 11.6 Å². The van der Waals surface area contributed by atoms with Gasteiger partial charge < -0.3 is 9.84 Å². The second-order valence-electron chi connectivity index (χ2n) is 2.20. The van der Waals surface area contributed by atoms with Crippen molar-refractivity contribution in [3.05, 3.63) is 28.5 Å². The molecule has 0 aromatic heterocycles. The minimum atomic E-state index is -0.515. The first-order valence-corrected chi connectivity index (χ1v) is 3.70. The van der Waals surface area contributed by atoms with E-state index in [1.165, 1.54) is 19.2 Å². The van der Waals surface area contributed by atoms with Crippen LogP contribution >= 0.6 is 11.6 Å². The van der Waals surface area contributed by atoms with Crippen LogP contribution in [-0.4, -0.2) is 12.2 Å². The molecule has 1 rings (SSSR count). The Morgan fingerprint density at radius 2 is 2.25 bits per heavy atom. The zero-order chi connectivity index (χ0) is 9.14. The Morgan fingerprint density at radius 1 is 1.58 bits per heavy atom. The van der Waals surface area contributed by atoms with Crippen molar-refractivity contribution in [1.29, 1.82) is 0 Å². The number of halogens is 2. The number of methoxy groups -OCH3 is 1. The molecule has 0 spiro atoms. The molecular weight excluding hydrogens is 183 g/mol. The van der Waals surface area contributed by atoms with E-state index in [0.29, 0.717) is 5.02 Å². The first-order valence-electron chi connectivity index (χ1n) is 3.32. The summed E-state index contributed by atoms with van der Waals surface area (Å²) < 4.78 is 17.7. The van der Waals surface area contributed by atoms with Crippen LogP contribution in [0.2, 0.25) is 5.02 Å². The highest BCUT2D eigenvalue weighted by Gasteiger charge is 2.11. The summed E-state index contributed by atoms with van der Waals surface area (Å²) in [6.07, 6.45) is 0. The third-order valence-corrected chi connectivity index (χ3v) is 1.82. The first-order chi connectivity index (χ1) is 5.70. The summed E-state index contributed by atoms with van der Waals surface area (Å²) in [6.45, 7) is -0.421. The second kappa shape index (κ2) is 3.74. The molecule has 4 heteroatoms. The van der Waals surface area contributed by atoms with Crippen LogP contribution in [0.5, 0.6) is 5.75 Å². The largest absolute Gasteiger partial charge is 0.495 e. The molecule has 0 amide bonds. The van der Waals surface area contributed by atoms with E-state index in [1.54, 1.807) is 0 Å². The summed E-state index contributed by atoms with van der Waals surface area (Å²) in [5.41, 5.74) is 0.0880. The summed E-state index contributed by atoms with van der Waals surface area (Å²) in [6, 6.07) is 2.57. The Hall–Kier alpha value is -0.800. The van der Waals surface area contributed by atoms with Gasteiger partial charge in [-0.25, -0.2) is 4.39 Å². The molecule has 0 aliphatic rings. The van der Waals surface area contributed by atoms with E-state index in [9.17, 15) is 4.39 Å². The number of benzene rings is 1. The van der Waals surface area contributed by atoms with Crippen LogP contribution < -0.4 is 4.74 Å². The molecule has 2 nitrogen and oxygen atoms in total. The lowest BCUT2D eigenvalue weighted by Gasteiger charge is -2.08. The van der Waals surface area contributed by atoms with Crippen LogP contribution in [0.3, 0.4) is 0 Å². The molecule has 1 N–H and O–H groups in total. The summed E-state index contributed by atoms with van der Waals surface area (Å²) >= 11 is 5.68. The van der Waals surface area contributed by atoms with Gasteiger partial charge in [0.15, 0.2) is 0 Å². The van der Waals surface area contributed by atoms with E-state index in [2.05, 4.69) is 0 Å². The van der Waals surface area contributed by atoms with Gasteiger partial charge >= 0.3 is 0 Å². The van der Waals surface area contributed by atoms with E-state index in [0.717, 1.165) is 0 Å². The minimum absolute atomic E-state index is 0.0880. The quantitative estimate of drug-likeness (QED) is 0.773. The van der Waals surface area contributed by atoms with E-state index >= 15 is 0 Å². The maximum atomic E-state index is 12.9. The van der Waals surface area contributed by atoms with Crippen molar-refractivity contribution in [3.8, 4) is 5.75 Å². The fourth-order valence-electron chi connectivity index (χ4n) is 0.943. The number of hydrogen-bond acceptors (Lipinski definition) is 2. The molecule has 0 aliphatic carbocycles. The van der Waals surface area contributed by atoms with Crippen molar-refractivity contribution in [1.82, 2.24) is 0 Å². The van der Waals surface area contributed by atoms with Gasteiger partial charge in [0.2, 0.25) is 0 Å². The molecular formula is C8H8ClFO2. The summed E-state index contributed by atoms with van der Waals surface area (Å²) in [4.78, 5) is 0. The highest BCUT2D eigenvalue weighted by atomic mass is 35.5. The number of aliphatic hydroxyl groups excluding tert-OH is 1. The lowest BCUT2D eigenvalue weighted by Crippen LogP contribution is -1.96. The molecule has 1 aromatic carbocycles. The van der Waals surface area contributed by atoms with Crippen molar-refractivity contribution >= 4 is 11.6 Å². The van der Waals surface area contributed by atoms with Crippen LogP contribution in [0.1, 0.15) is 5.56 Å². The van der Waals surface area contributed by atoms with Crippen LogP contribution in [0, 0.1) is 5.82 Å². The van der Waals surface area contributed by atoms with Gasteiger partial charge in [0.25, 0.3) is 0 Å². The van der Waals surface area contributed by atoms with Crippen molar-refractivity contribution in [2.24, 2.45) is 0 Å². The standard InChI is InChI=1S/C8H8ClFO2/c1-12-8-5(4-11)7(10)3-2-6(8)9/h2-3,11H,4H2,1H3. The molecule has 1 aromatic rings. The van der Waals surface area contributed by atoms with E-state index < -0.39 is 12.4 Å². The maximum Gasteiger partial charge on any atom is 0.145 e. The van der Waals surface area contributed by atoms with Crippen molar-refractivity contribution in [2.45, 2.75) is 6.61 Å². The molecule has 0 unspecified atom stereocenters. The van der Waals surface area contributed by atoms with Crippen LogP contribution in [0.25, 0.3) is 0 Å². The molecule has 0 aliphatic heterocycles. The molecule has 0 fully saturated rings. The predicted molar refractivity (Wildman–Crippen MR) is 43.9 cm³/mol. The molecule has 0 saturated heterocycles. The summed E-state index contributed by atoms with van der Waals surface area (Å²) in [7, 11) is 1.37. The average molecular weight is 191 g/mol. The van der Waals surface area contributed by atoms with E-state index in [4.69, 9.17) is 21.4 Å². The Bertz CT molecular complexity index is 260. The SMILES string of the molecule is COc1c(Cl)ccc(F)c1CO. The van der Waals surface area contributed by atoms with Crippen molar-refractivity contribution < 1.29 is 14.2 Å². The molecule has 0 atom stereocenters. The van der Waals surface area contributed by atoms with Gasteiger partial charge in [-0.05, 0) is 12.1 Å². The van der Waals surface area contributed by atoms with Gasteiger partial charge in [-0.15, -0.1) is 0 Å². The fourth-order valence-corrected chi connectivity index (χ4v) is 1.20. The van der Waals surface area contributed by atoms with Crippen LogP contribution in [-0.2, 0) is 6.61 Å². The Kier molecular flexibility index (Phi) is 2.89. The Balaban J connectivity index is 3.28. The highest BCUT2D eigenvalue weighted by Crippen LogP contribution is 2.30. The maximum absolute atomic E-state index is 12.9.